The maximum Gasteiger partial charge on any atom is 0.336 e. The van der Waals surface area contributed by atoms with E-state index >= 15 is 0 Å². The minimum absolute atomic E-state index is 0.0648. The Labute approximate surface area is 105 Å². The van der Waals surface area contributed by atoms with Gasteiger partial charge in [0.05, 0.1) is 16.5 Å². The van der Waals surface area contributed by atoms with Crippen LogP contribution >= 0.6 is 15.9 Å². The Bertz CT molecular complexity index is 667. The van der Waals surface area contributed by atoms with Crippen LogP contribution in [0.4, 0.5) is 0 Å². The summed E-state index contributed by atoms with van der Waals surface area (Å²) >= 11 is 3.33. The van der Waals surface area contributed by atoms with Gasteiger partial charge in [0.15, 0.2) is 0 Å². The molecule has 1 aromatic heterocycles. The van der Waals surface area contributed by atoms with Crippen LogP contribution in [0, 0.1) is 0 Å². The Balaban J connectivity index is 2.51. The van der Waals surface area contributed by atoms with Crippen molar-refractivity contribution in [3.05, 3.63) is 33.4 Å². The van der Waals surface area contributed by atoms with Gasteiger partial charge in [0.25, 0.3) is 0 Å². The highest BCUT2D eigenvalue weighted by molar-refractivity contribution is 9.10. The van der Waals surface area contributed by atoms with E-state index in [4.69, 9.17) is 5.11 Å². The molecule has 1 heterocycles. The zero-order chi connectivity index (χ0) is 12.2. The number of pyridine rings is 1. The first-order chi connectivity index (χ1) is 8.09. The summed E-state index contributed by atoms with van der Waals surface area (Å²) in [7, 11) is 0. The molecule has 0 radical (unpaired) electrons. The van der Waals surface area contributed by atoms with Gasteiger partial charge in [0.2, 0.25) is 0 Å². The Morgan fingerprint density at radius 2 is 2.12 bits per heavy atom. The second-order valence-corrected chi connectivity index (χ2v) is 4.86. The Kier molecular flexibility index (Phi) is 2.13. The number of hydrogen-bond donors (Lipinski definition) is 2. The van der Waals surface area contributed by atoms with Gasteiger partial charge in [-0.25, -0.2) is 4.79 Å². The van der Waals surface area contributed by atoms with Crippen molar-refractivity contribution in [2.75, 3.05) is 0 Å². The van der Waals surface area contributed by atoms with Crippen molar-refractivity contribution in [3.63, 3.8) is 0 Å². The smallest absolute Gasteiger partial charge is 0.336 e. The minimum Gasteiger partial charge on any atom is -0.507 e. The molecule has 5 heteroatoms. The maximum atomic E-state index is 11.1. The number of hydrogen-bond acceptors (Lipinski definition) is 3. The molecule has 0 atom stereocenters. The fraction of sp³-hybridized carbons (Fsp3) is 0.167. The van der Waals surface area contributed by atoms with E-state index < -0.39 is 5.97 Å². The van der Waals surface area contributed by atoms with Gasteiger partial charge in [-0.3, -0.25) is 4.98 Å². The average molecular weight is 294 g/mol. The summed E-state index contributed by atoms with van der Waals surface area (Å²) < 4.78 is 0.697. The first-order valence-corrected chi connectivity index (χ1v) is 5.95. The van der Waals surface area contributed by atoms with Crippen molar-refractivity contribution in [2.24, 2.45) is 0 Å². The van der Waals surface area contributed by atoms with Gasteiger partial charge >= 0.3 is 5.97 Å². The predicted octanol–water partition coefficient (Wildman–Crippen LogP) is 2.50. The molecule has 0 saturated carbocycles. The molecule has 3 rings (SSSR count). The van der Waals surface area contributed by atoms with Gasteiger partial charge in [-0.15, -0.1) is 0 Å². The van der Waals surface area contributed by atoms with E-state index in [1.165, 1.54) is 6.07 Å². The monoisotopic (exact) mass is 293 g/mol. The molecule has 0 spiro atoms. The lowest BCUT2D eigenvalue weighted by molar-refractivity contribution is 0.0698. The molecule has 1 aliphatic carbocycles. The minimum atomic E-state index is -1.06. The van der Waals surface area contributed by atoms with E-state index in [1.54, 1.807) is 6.07 Å². The largest absolute Gasteiger partial charge is 0.507 e. The van der Waals surface area contributed by atoms with E-state index in [2.05, 4.69) is 20.9 Å². The second kappa shape index (κ2) is 3.43. The number of aryl methyl sites for hydroxylation is 1. The van der Waals surface area contributed by atoms with E-state index in [1.807, 2.05) is 0 Å². The van der Waals surface area contributed by atoms with Crippen molar-refractivity contribution in [1.29, 1.82) is 0 Å². The summed E-state index contributed by atoms with van der Waals surface area (Å²) in [6, 6.07) is 3.12. The molecule has 0 fully saturated rings. The van der Waals surface area contributed by atoms with Crippen molar-refractivity contribution < 1.29 is 15.0 Å². The van der Waals surface area contributed by atoms with Crippen molar-refractivity contribution in [1.82, 2.24) is 4.98 Å². The average Bonchev–Trinajstić information content (AvgIpc) is 2.23. The number of benzene rings is 1. The molecule has 0 aliphatic heterocycles. The van der Waals surface area contributed by atoms with Crippen LogP contribution in [-0.2, 0) is 12.8 Å². The molecule has 0 saturated heterocycles. The third-order valence-electron chi connectivity index (χ3n) is 3.09. The van der Waals surface area contributed by atoms with Gasteiger partial charge < -0.3 is 10.2 Å². The Morgan fingerprint density at radius 3 is 2.71 bits per heavy atom. The highest BCUT2D eigenvalue weighted by Crippen LogP contribution is 2.39. The number of aromatic carboxylic acids is 1. The van der Waals surface area contributed by atoms with Crippen LogP contribution < -0.4 is 0 Å². The normalized spacial score (nSPS) is 13.2. The van der Waals surface area contributed by atoms with E-state index in [-0.39, 0.29) is 11.3 Å². The van der Waals surface area contributed by atoms with Crippen LogP contribution in [0.1, 0.15) is 21.6 Å². The Hall–Kier alpha value is -1.62. The molecule has 2 aromatic rings. The summed E-state index contributed by atoms with van der Waals surface area (Å²) in [6.45, 7) is 0. The van der Waals surface area contributed by atoms with Crippen LogP contribution in [0.25, 0.3) is 10.9 Å². The SMILES string of the molecule is O=C(O)c1ccc(Br)c2nc3c(c(O)c12)CC3. The highest BCUT2D eigenvalue weighted by atomic mass is 79.9. The van der Waals surface area contributed by atoms with Crippen LogP contribution in [-0.4, -0.2) is 21.2 Å². The molecule has 17 heavy (non-hydrogen) atoms. The first-order valence-electron chi connectivity index (χ1n) is 5.16. The number of fused-ring (bicyclic) bond motifs is 2. The lowest BCUT2D eigenvalue weighted by atomic mass is 9.90. The lowest BCUT2D eigenvalue weighted by Gasteiger charge is -2.21. The van der Waals surface area contributed by atoms with E-state index in [0.717, 1.165) is 24.1 Å². The summed E-state index contributed by atoms with van der Waals surface area (Å²) in [4.78, 5) is 15.5. The van der Waals surface area contributed by atoms with Gasteiger partial charge in [0.1, 0.15) is 5.75 Å². The summed E-state index contributed by atoms with van der Waals surface area (Å²) in [5.74, 6) is -0.992. The second-order valence-electron chi connectivity index (χ2n) is 4.01. The van der Waals surface area contributed by atoms with Crippen LogP contribution in [0.3, 0.4) is 0 Å². The van der Waals surface area contributed by atoms with Gasteiger partial charge in [-0.2, -0.15) is 0 Å². The topological polar surface area (TPSA) is 70.4 Å². The summed E-state index contributed by atoms with van der Waals surface area (Å²) in [5, 5.41) is 19.6. The highest BCUT2D eigenvalue weighted by Gasteiger charge is 2.25. The molecule has 1 aliphatic rings. The number of aromatic nitrogens is 1. The van der Waals surface area contributed by atoms with E-state index in [9.17, 15) is 9.90 Å². The van der Waals surface area contributed by atoms with Crippen LogP contribution in [0.5, 0.6) is 5.75 Å². The third-order valence-corrected chi connectivity index (χ3v) is 3.73. The van der Waals surface area contributed by atoms with E-state index in [0.29, 0.717) is 15.4 Å². The number of rotatable bonds is 1. The quantitative estimate of drug-likeness (QED) is 0.847. The predicted molar refractivity (Wildman–Crippen MR) is 65.5 cm³/mol. The molecular formula is C12H8BrNO3. The standard InChI is InChI=1S/C12H8BrNO3/c13-7-3-1-6(12(16)17)9-10(7)14-8-4-2-5(8)11(9)15/h1,3H,2,4H2,(H,14,15)(H,16,17). The lowest BCUT2D eigenvalue weighted by Crippen LogP contribution is -2.12. The molecule has 0 bridgehead atoms. The fourth-order valence-corrected chi connectivity index (χ4v) is 2.54. The molecule has 0 amide bonds. The van der Waals surface area contributed by atoms with Gasteiger partial charge in [-0.1, -0.05) is 0 Å². The number of nitrogens with zero attached hydrogens (tertiary/aromatic N) is 1. The molecule has 0 unspecified atom stereocenters. The van der Waals surface area contributed by atoms with Crippen molar-refractivity contribution in [3.8, 4) is 5.75 Å². The number of carbonyl (C=O) groups is 1. The van der Waals surface area contributed by atoms with Crippen LogP contribution in [0.2, 0.25) is 0 Å². The zero-order valence-electron chi connectivity index (χ0n) is 8.70. The van der Waals surface area contributed by atoms with Crippen molar-refractivity contribution in [2.45, 2.75) is 12.8 Å². The maximum absolute atomic E-state index is 11.1. The molecule has 4 nitrogen and oxygen atoms in total. The summed E-state index contributed by atoms with van der Waals surface area (Å²) in [6.07, 6.45) is 1.60. The third kappa shape index (κ3) is 1.35. The molecular weight excluding hydrogens is 286 g/mol. The summed E-state index contributed by atoms with van der Waals surface area (Å²) in [5.41, 5.74) is 2.24. The van der Waals surface area contributed by atoms with Gasteiger partial charge in [0, 0.05) is 15.7 Å². The molecule has 1 aromatic carbocycles. The Morgan fingerprint density at radius 1 is 1.35 bits per heavy atom. The zero-order valence-corrected chi connectivity index (χ0v) is 10.3. The van der Waals surface area contributed by atoms with Crippen LogP contribution in [0.15, 0.2) is 16.6 Å². The molecule has 2 N–H and O–H groups in total. The molecule has 86 valence electrons. The number of carboxylic acids is 1. The number of halogens is 1. The number of aromatic hydroxyl groups is 1. The number of carboxylic acid groups (broad SMARTS) is 1. The first kappa shape index (κ1) is 10.5. The fourth-order valence-electron chi connectivity index (χ4n) is 2.12. The van der Waals surface area contributed by atoms with Crippen molar-refractivity contribution >= 4 is 32.8 Å². The van der Waals surface area contributed by atoms with Gasteiger partial charge in [-0.05, 0) is 40.9 Å².